The zero-order chi connectivity index (χ0) is 18.0. The number of nitrogens with zero attached hydrogens (tertiary/aromatic N) is 5. The van der Waals surface area contributed by atoms with Crippen LogP contribution in [0.15, 0.2) is 17.3 Å². The second kappa shape index (κ2) is 7.25. The van der Waals surface area contributed by atoms with E-state index in [1.165, 1.54) is 0 Å². The van der Waals surface area contributed by atoms with Gasteiger partial charge in [0, 0.05) is 37.1 Å². The fraction of sp³-hybridized carbons (Fsp3) is 0.353. The Hall–Kier alpha value is -2.38. The van der Waals surface area contributed by atoms with Crippen LogP contribution in [0.2, 0.25) is 5.02 Å². The van der Waals surface area contributed by atoms with Crippen LogP contribution >= 0.6 is 11.6 Å². The average molecular weight is 361 g/mol. The predicted octanol–water partition coefficient (Wildman–Crippen LogP) is 2.81. The van der Waals surface area contributed by atoms with Crippen molar-refractivity contribution in [2.24, 2.45) is 4.99 Å². The third kappa shape index (κ3) is 4.00. The number of rotatable bonds is 6. The molecule has 0 aromatic carbocycles. The van der Waals surface area contributed by atoms with Crippen LogP contribution in [-0.4, -0.2) is 65.4 Å². The Morgan fingerprint density at radius 2 is 2.08 bits per heavy atom. The Balaban J connectivity index is 1.78. The van der Waals surface area contributed by atoms with Crippen molar-refractivity contribution >= 4 is 41.2 Å². The number of fused-ring (bicyclic) bond motifs is 1. The summed E-state index contributed by atoms with van der Waals surface area (Å²) in [6, 6.07) is 1.81. The number of aromatic hydroxyl groups is 1. The van der Waals surface area contributed by atoms with Gasteiger partial charge in [0.15, 0.2) is 5.82 Å². The molecular formula is C17H21ClN6O. The Kier molecular flexibility index (Phi) is 5.06. The maximum atomic E-state index is 10.1. The van der Waals surface area contributed by atoms with Crippen molar-refractivity contribution in [3.05, 3.63) is 28.5 Å². The quantitative estimate of drug-likeness (QED) is 0.828. The largest absolute Gasteiger partial charge is 0.492 e. The molecule has 0 saturated carbocycles. The molecule has 0 fully saturated rings. The van der Waals surface area contributed by atoms with Gasteiger partial charge in [-0.05, 0) is 39.2 Å². The number of anilines is 1. The summed E-state index contributed by atoms with van der Waals surface area (Å²) in [4.78, 5) is 19.9. The van der Waals surface area contributed by atoms with E-state index in [1.54, 1.807) is 18.5 Å². The summed E-state index contributed by atoms with van der Waals surface area (Å²) in [5.41, 5.74) is 2.19. The van der Waals surface area contributed by atoms with Crippen molar-refractivity contribution in [3.8, 4) is 5.88 Å². The van der Waals surface area contributed by atoms with Gasteiger partial charge in [-0.3, -0.25) is 0 Å². The Morgan fingerprint density at radius 3 is 2.84 bits per heavy atom. The van der Waals surface area contributed by atoms with Gasteiger partial charge < -0.3 is 19.9 Å². The molecule has 2 N–H and O–H groups in total. The molecule has 3 rings (SSSR count). The van der Waals surface area contributed by atoms with E-state index in [0.29, 0.717) is 22.5 Å². The van der Waals surface area contributed by atoms with Gasteiger partial charge in [-0.1, -0.05) is 11.6 Å². The third-order valence-electron chi connectivity index (χ3n) is 3.93. The molecule has 0 aliphatic carbocycles. The average Bonchev–Trinajstić information content (AvgIpc) is 3.11. The first-order valence-corrected chi connectivity index (χ1v) is 8.38. The molecule has 2 aromatic heterocycles. The molecule has 1 aliphatic rings. The van der Waals surface area contributed by atoms with E-state index in [1.807, 2.05) is 32.1 Å². The summed E-state index contributed by atoms with van der Waals surface area (Å²) in [5, 5.41) is 10.7. The zero-order valence-electron chi connectivity index (χ0n) is 14.5. The third-order valence-corrected chi connectivity index (χ3v) is 4.14. The van der Waals surface area contributed by atoms with Crippen LogP contribution in [0, 0.1) is 0 Å². The molecule has 7 nitrogen and oxygen atoms in total. The predicted molar refractivity (Wildman–Crippen MR) is 102 cm³/mol. The highest BCUT2D eigenvalue weighted by atomic mass is 35.5. The lowest BCUT2D eigenvalue weighted by Crippen LogP contribution is -2.24. The number of aliphatic imine (C=N–C) groups is 1. The molecule has 0 spiro atoms. The van der Waals surface area contributed by atoms with Gasteiger partial charge in [0.1, 0.15) is 5.69 Å². The van der Waals surface area contributed by atoms with Crippen molar-refractivity contribution in [2.45, 2.75) is 6.42 Å². The summed E-state index contributed by atoms with van der Waals surface area (Å²) in [6.45, 7) is 1.83. The number of halogens is 1. The van der Waals surface area contributed by atoms with E-state index in [-0.39, 0.29) is 5.88 Å². The van der Waals surface area contributed by atoms with Gasteiger partial charge in [0.05, 0.1) is 5.02 Å². The highest BCUT2D eigenvalue weighted by molar-refractivity contribution is 6.31. The molecule has 132 valence electrons. The summed E-state index contributed by atoms with van der Waals surface area (Å²) in [6.07, 6.45) is 6.07. The monoisotopic (exact) mass is 360 g/mol. The van der Waals surface area contributed by atoms with Crippen molar-refractivity contribution in [3.63, 3.8) is 0 Å². The zero-order valence-corrected chi connectivity index (χ0v) is 15.2. The number of pyridine rings is 1. The molecule has 0 radical (unpaired) electrons. The lowest BCUT2D eigenvalue weighted by molar-refractivity contribution is 0.401. The second-order valence-electron chi connectivity index (χ2n) is 6.26. The first-order chi connectivity index (χ1) is 11.9. The number of imidazole rings is 1. The van der Waals surface area contributed by atoms with Gasteiger partial charge in [-0.2, -0.15) is 4.98 Å². The van der Waals surface area contributed by atoms with Crippen LogP contribution in [0.4, 0.5) is 11.8 Å². The summed E-state index contributed by atoms with van der Waals surface area (Å²) < 4.78 is 0. The normalized spacial score (nSPS) is 14.5. The number of hydrogen-bond acceptors (Lipinski definition) is 6. The molecule has 25 heavy (non-hydrogen) atoms. The number of nitrogens with one attached hydrogen (secondary N) is 1. The number of H-pyrrole nitrogens is 1. The van der Waals surface area contributed by atoms with Crippen molar-refractivity contribution in [1.29, 1.82) is 0 Å². The van der Waals surface area contributed by atoms with Gasteiger partial charge >= 0.3 is 0 Å². The lowest BCUT2D eigenvalue weighted by Gasteiger charge is -2.17. The van der Waals surface area contributed by atoms with Crippen LogP contribution in [0.3, 0.4) is 0 Å². The fourth-order valence-corrected chi connectivity index (χ4v) is 2.75. The van der Waals surface area contributed by atoms with Gasteiger partial charge in [-0.15, -0.1) is 0 Å². The number of allylic oxidation sites excluding steroid dienone is 1. The first kappa shape index (κ1) is 17.4. The van der Waals surface area contributed by atoms with Crippen molar-refractivity contribution in [2.75, 3.05) is 39.1 Å². The minimum Gasteiger partial charge on any atom is -0.492 e. The highest BCUT2D eigenvalue weighted by Gasteiger charge is 2.17. The highest BCUT2D eigenvalue weighted by Crippen LogP contribution is 2.33. The number of aromatic amines is 1. The molecule has 0 bridgehead atoms. The van der Waals surface area contributed by atoms with Crippen LogP contribution in [0.25, 0.3) is 11.6 Å². The molecule has 0 saturated heterocycles. The Morgan fingerprint density at radius 1 is 1.28 bits per heavy atom. The molecule has 0 amide bonds. The molecular weight excluding hydrogens is 340 g/mol. The lowest BCUT2D eigenvalue weighted by atomic mass is 10.1. The molecule has 0 unspecified atom stereocenters. The van der Waals surface area contributed by atoms with E-state index in [2.05, 4.69) is 24.8 Å². The summed E-state index contributed by atoms with van der Waals surface area (Å²) >= 11 is 6.01. The maximum Gasteiger partial charge on any atom is 0.238 e. The van der Waals surface area contributed by atoms with E-state index in [9.17, 15) is 5.11 Å². The molecule has 3 heterocycles. The second-order valence-corrected chi connectivity index (χ2v) is 6.70. The van der Waals surface area contributed by atoms with E-state index in [0.717, 1.165) is 30.6 Å². The number of hydrogen-bond donors (Lipinski definition) is 2. The Labute approximate surface area is 151 Å². The van der Waals surface area contributed by atoms with Crippen LogP contribution in [-0.2, 0) is 0 Å². The van der Waals surface area contributed by atoms with Crippen LogP contribution in [0.1, 0.15) is 17.7 Å². The first-order valence-electron chi connectivity index (χ1n) is 8.00. The molecule has 0 atom stereocenters. The topological polar surface area (TPSA) is 80.6 Å². The molecule has 8 heteroatoms. The van der Waals surface area contributed by atoms with Gasteiger partial charge in [0.25, 0.3) is 0 Å². The Bertz CT molecular complexity index is 827. The standard InChI is InChI=1S/C17H21ClN6O/c1-23(2)5-4-6-24(3)17-21-14(16(25)22-17)7-11-9-19-15-13(11)8-12(18)10-20-15/h7-10,25H,4-6H2,1-3H3,(H,21,22)/b11-7-. The van der Waals surface area contributed by atoms with Crippen LogP contribution < -0.4 is 4.90 Å². The van der Waals surface area contributed by atoms with Crippen LogP contribution in [0.5, 0.6) is 5.88 Å². The van der Waals surface area contributed by atoms with Crippen molar-refractivity contribution < 1.29 is 5.11 Å². The maximum absolute atomic E-state index is 10.1. The fourth-order valence-electron chi connectivity index (χ4n) is 2.59. The van der Waals surface area contributed by atoms with E-state index < -0.39 is 0 Å². The minimum atomic E-state index is -0.0428. The van der Waals surface area contributed by atoms with Gasteiger partial charge in [-0.25, -0.2) is 9.98 Å². The summed E-state index contributed by atoms with van der Waals surface area (Å²) in [7, 11) is 6.04. The summed E-state index contributed by atoms with van der Waals surface area (Å²) in [5.74, 6) is 1.21. The molecule has 2 aromatic rings. The molecule has 1 aliphatic heterocycles. The number of aromatic nitrogens is 3. The van der Waals surface area contributed by atoms with E-state index >= 15 is 0 Å². The van der Waals surface area contributed by atoms with Gasteiger partial charge in [0.2, 0.25) is 11.8 Å². The minimum absolute atomic E-state index is 0.0428. The SMILES string of the molecule is CN(C)CCCN(C)c1nc(O)c(/C=C2/C=Nc3ncc(Cl)cc32)[nH]1. The smallest absolute Gasteiger partial charge is 0.238 e. The van der Waals surface area contributed by atoms with Crippen molar-refractivity contribution in [1.82, 2.24) is 19.9 Å². The van der Waals surface area contributed by atoms with E-state index in [4.69, 9.17) is 11.6 Å².